The van der Waals surface area contributed by atoms with Crippen LogP contribution in [-0.2, 0) is 26.7 Å². The number of rotatable bonds is 7. The lowest BCUT2D eigenvalue weighted by Gasteiger charge is -2.21. The number of aromatic nitrogens is 2. The number of carboxylic acids is 1. The number of amides is 1. The molecule has 2 fully saturated rings. The Kier molecular flexibility index (Phi) is 6.30. The third-order valence-corrected chi connectivity index (χ3v) is 7.08. The zero-order valence-electron chi connectivity index (χ0n) is 19.7. The van der Waals surface area contributed by atoms with E-state index in [1.807, 2.05) is 48.5 Å². The van der Waals surface area contributed by atoms with Crippen molar-refractivity contribution >= 4 is 17.9 Å². The van der Waals surface area contributed by atoms with E-state index < -0.39 is 17.5 Å². The van der Waals surface area contributed by atoms with Gasteiger partial charge in [0.15, 0.2) is 0 Å². The number of anilines is 1. The molecule has 0 spiro atoms. The number of hydrogen-bond donors (Lipinski definition) is 2. The highest BCUT2D eigenvalue weighted by atomic mass is 16.5. The van der Waals surface area contributed by atoms with Crippen molar-refractivity contribution in [3.05, 3.63) is 60.3 Å². The smallest absolute Gasteiger partial charge is 0.412 e. The van der Waals surface area contributed by atoms with Crippen LogP contribution >= 0.6 is 0 Å². The topological polar surface area (TPSA) is 103 Å². The average Bonchev–Trinajstić information content (AvgIpc) is 3.63. The van der Waals surface area contributed by atoms with Gasteiger partial charge in [-0.05, 0) is 53.9 Å². The Morgan fingerprint density at radius 2 is 1.66 bits per heavy atom. The van der Waals surface area contributed by atoms with Crippen LogP contribution in [0.4, 0.5) is 10.6 Å². The van der Waals surface area contributed by atoms with Gasteiger partial charge in [0.25, 0.3) is 0 Å². The minimum atomic E-state index is -0.747. The number of aliphatic carboxylic acids is 1. The third-order valence-electron chi connectivity index (χ3n) is 7.08. The van der Waals surface area contributed by atoms with E-state index in [1.54, 1.807) is 17.9 Å². The standard InChI is InChI=1S/C27H29N3O5/c1-30-24(29-26(33)35-17-18-10-14-34-15-11-18)23(16-28-30)21-4-2-19(3-5-21)20-6-8-22(9-7-20)27(12-13-27)25(31)32/h2-9,16,18H,10-15,17H2,1H3,(H,29,33)(H,31,32). The van der Waals surface area contributed by atoms with Crippen LogP contribution in [-0.4, -0.2) is 46.8 Å². The fraction of sp³-hybridized carbons (Fsp3) is 0.370. The molecule has 0 bridgehead atoms. The molecule has 1 saturated heterocycles. The van der Waals surface area contributed by atoms with E-state index in [9.17, 15) is 14.7 Å². The first kappa shape index (κ1) is 23.1. The van der Waals surface area contributed by atoms with Gasteiger partial charge in [0, 0.05) is 25.8 Å². The highest BCUT2D eigenvalue weighted by molar-refractivity contribution is 5.90. The third kappa shape index (κ3) is 4.79. The van der Waals surface area contributed by atoms with Gasteiger partial charge >= 0.3 is 12.1 Å². The Balaban J connectivity index is 1.26. The molecule has 1 aliphatic heterocycles. The van der Waals surface area contributed by atoms with Crippen molar-refractivity contribution in [3.63, 3.8) is 0 Å². The van der Waals surface area contributed by atoms with Crippen LogP contribution < -0.4 is 5.32 Å². The fourth-order valence-electron chi connectivity index (χ4n) is 4.61. The Morgan fingerprint density at radius 3 is 2.26 bits per heavy atom. The van der Waals surface area contributed by atoms with Crippen LogP contribution in [0.15, 0.2) is 54.7 Å². The average molecular weight is 476 g/mol. The van der Waals surface area contributed by atoms with Crippen LogP contribution in [0.5, 0.6) is 0 Å². The number of aryl methyl sites for hydroxylation is 1. The van der Waals surface area contributed by atoms with Crippen LogP contribution in [0.25, 0.3) is 22.3 Å². The predicted molar refractivity (Wildman–Crippen MR) is 131 cm³/mol. The molecule has 1 amide bonds. The predicted octanol–water partition coefficient (Wildman–Crippen LogP) is 4.85. The maximum Gasteiger partial charge on any atom is 0.412 e. The number of carbonyl (C=O) groups is 2. The van der Waals surface area contributed by atoms with Gasteiger partial charge in [0.2, 0.25) is 0 Å². The number of carboxylic acid groups (broad SMARTS) is 1. The van der Waals surface area contributed by atoms with E-state index in [2.05, 4.69) is 10.4 Å². The van der Waals surface area contributed by atoms with Crippen LogP contribution in [0.2, 0.25) is 0 Å². The molecule has 8 nitrogen and oxygen atoms in total. The highest BCUT2D eigenvalue weighted by Gasteiger charge is 2.51. The number of carbonyl (C=O) groups excluding carboxylic acids is 1. The molecule has 1 aromatic heterocycles. The summed E-state index contributed by atoms with van der Waals surface area (Å²) in [6.45, 7) is 1.80. The molecule has 0 atom stereocenters. The van der Waals surface area contributed by atoms with Crippen molar-refractivity contribution in [1.82, 2.24) is 9.78 Å². The van der Waals surface area contributed by atoms with Gasteiger partial charge in [-0.2, -0.15) is 5.10 Å². The SMILES string of the molecule is Cn1ncc(-c2ccc(-c3ccc(C4(C(=O)O)CC4)cc3)cc2)c1NC(=O)OCC1CCOCC1. The summed E-state index contributed by atoms with van der Waals surface area (Å²) < 4.78 is 12.4. The Labute approximate surface area is 203 Å². The summed E-state index contributed by atoms with van der Waals surface area (Å²) in [5.41, 5.74) is 3.92. The molecular formula is C27H29N3O5. The van der Waals surface area contributed by atoms with Gasteiger partial charge in [-0.1, -0.05) is 48.5 Å². The highest BCUT2D eigenvalue weighted by Crippen LogP contribution is 2.48. The van der Waals surface area contributed by atoms with E-state index in [0.29, 0.717) is 44.4 Å². The first-order chi connectivity index (χ1) is 17.0. The van der Waals surface area contributed by atoms with E-state index in [4.69, 9.17) is 9.47 Å². The van der Waals surface area contributed by atoms with E-state index >= 15 is 0 Å². The summed E-state index contributed by atoms with van der Waals surface area (Å²) in [5, 5.41) is 16.7. The number of ether oxygens (including phenoxy) is 2. The van der Waals surface area contributed by atoms with Crippen molar-refractivity contribution in [1.29, 1.82) is 0 Å². The summed E-state index contributed by atoms with van der Waals surface area (Å²) in [4.78, 5) is 24.0. The molecule has 35 heavy (non-hydrogen) atoms. The second-order valence-corrected chi connectivity index (χ2v) is 9.35. The first-order valence-corrected chi connectivity index (χ1v) is 11.9. The Hall–Kier alpha value is -3.65. The maximum atomic E-state index is 12.4. The van der Waals surface area contributed by atoms with Gasteiger partial charge in [0.1, 0.15) is 5.82 Å². The van der Waals surface area contributed by atoms with E-state index in [0.717, 1.165) is 40.7 Å². The molecule has 5 rings (SSSR count). The monoisotopic (exact) mass is 475 g/mol. The van der Waals surface area contributed by atoms with E-state index in [1.165, 1.54) is 0 Å². The molecule has 8 heteroatoms. The molecular weight excluding hydrogens is 446 g/mol. The van der Waals surface area contributed by atoms with Gasteiger partial charge in [-0.15, -0.1) is 0 Å². The molecule has 3 aromatic rings. The first-order valence-electron chi connectivity index (χ1n) is 11.9. The van der Waals surface area contributed by atoms with Crippen LogP contribution in [0.3, 0.4) is 0 Å². The largest absolute Gasteiger partial charge is 0.481 e. The molecule has 2 aliphatic rings. The van der Waals surface area contributed by atoms with Crippen molar-refractivity contribution in [2.75, 3.05) is 25.1 Å². The summed E-state index contributed by atoms with van der Waals surface area (Å²) in [7, 11) is 1.78. The summed E-state index contributed by atoms with van der Waals surface area (Å²) in [6, 6.07) is 15.8. The summed E-state index contributed by atoms with van der Waals surface area (Å²) in [5.74, 6) is 0.159. The second kappa shape index (κ2) is 9.54. The normalized spacial score (nSPS) is 17.1. The molecule has 2 heterocycles. The zero-order chi connectivity index (χ0) is 24.4. The van der Waals surface area contributed by atoms with Crippen LogP contribution in [0.1, 0.15) is 31.2 Å². The Bertz CT molecular complexity index is 1210. The van der Waals surface area contributed by atoms with Gasteiger partial charge in [-0.25, -0.2) is 4.79 Å². The fourth-order valence-corrected chi connectivity index (χ4v) is 4.61. The molecule has 182 valence electrons. The second-order valence-electron chi connectivity index (χ2n) is 9.35. The number of nitrogens with one attached hydrogen (secondary N) is 1. The van der Waals surface area contributed by atoms with Gasteiger partial charge in [0.05, 0.1) is 18.2 Å². The lowest BCUT2D eigenvalue weighted by atomic mass is 9.93. The molecule has 0 unspecified atom stereocenters. The van der Waals surface area contributed by atoms with Gasteiger partial charge in [-0.3, -0.25) is 14.8 Å². The van der Waals surface area contributed by atoms with Crippen molar-refractivity contribution in [2.45, 2.75) is 31.1 Å². The lowest BCUT2D eigenvalue weighted by Crippen LogP contribution is -2.24. The maximum absolute atomic E-state index is 12.4. The molecule has 1 aliphatic carbocycles. The zero-order valence-corrected chi connectivity index (χ0v) is 19.7. The minimum absolute atomic E-state index is 0.334. The Morgan fingerprint density at radius 1 is 1.06 bits per heavy atom. The molecule has 1 saturated carbocycles. The molecule has 0 radical (unpaired) electrons. The van der Waals surface area contributed by atoms with Crippen molar-refractivity contribution in [3.8, 4) is 22.3 Å². The molecule has 2 N–H and O–H groups in total. The summed E-state index contributed by atoms with van der Waals surface area (Å²) in [6.07, 6.45) is 4.42. The minimum Gasteiger partial charge on any atom is -0.481 e. The molecule has 2 aromatic carbocycles. The van der Waals surface area contributed by atoms with Crippen molar-refractivity contribution in [2.24, 2.45) is 13.0 Å². The van der Waals surface area contributed by atoms with Crippen molar-refractivity contribution < 1.29 is 24.2 Å². The number of nitrogens with zero attached hydrogens (tertiary/aromatic N) is 2. The lowest BCUT2D eigenvalue weighted by molar-refractivity contribution is -0.140. The van der Waals surface area contributed by atoms with E-state index in [-0.39, 0.29) is 0 Å². The quantitative estimate of drug-likeness (QED) is 0.507. The number of hydrogen-bond acceptors (Lipinski definition) is 5. The van der Waals surface area contributed by atoms with Gasteiger partial charge < -0.3 is 14.6 Å². The van der Waals surface area contributed by atoms with Crippen LogP contribution in [0, 0.1) is 5.92 Å². The number of benzene rings is 2. The summed E-state index contributed by atoms with van der Waals surface area (Å²) >= 11 is 0.